The first-order valence-corrected chi connectivity index (χ1v) is 7.14. The van der Waals surface area contributed by atoms with Crippen molar-refractivity contribution in [3.8, 4) is 0 Å². The third-order valence-electron chi connectivity index (χ3n) is 4.55. The summed E-state index contributed by atoms with van der Waals surface area (Å²) in [5.74, 6) is 0. The summed E-state index contributed by atoms with van der Waals surface area (Å²) in [5.41, 5.74) is 1.77. The Hall–Kier alpha value is -1.32. The maximum atomic E-state index is 6.11. The molecule has 0 atom stereocenters. The van der Waals surface area contributed by atoms with Crippen LogP contribution in [0.1, 0.15) is 33.3 Å². The molecule has 3 rings (SSSR count). The van der Waals surface area contributed by atoms with Crippen LogP contribution in [0.15, 0.2) is 36.4 Å². The van der Waals surface area contributed by atoms with Gasteiger partial charge in [0.15, 0.2) is 0 Å². The Morgan fingerprint density at radius 2 is 1.40 bits per heavy atom. The summed E-state index contributed by atoms with van der Waals surface area (Å²) in [6.07, 6.45) is 0. The van der Waals surface area contributed by atoms with Gasteiger partial charge in [0, 0.05) is 0 Å². The van der Waals surface area contributed by atoms with Gasteiger partial charge in [-0.15, -0.1) is 0 Å². The molecule has 0 saturated carbocycles. The standard InChI is InChI=1S/C17H21BO2/c1-12-6-7-13-8-9-15(11-14(13)10-12)18-19-16(2,3)17(4,5)20-18/h6-11H,1-5H3. The zero-order valence-electron chi connectivity index (χ0n) is 12.9. The summed E-state index contributed by atoms with van der Waals surface area (Å²) in [6.45, 7) is 10.4. The Morgan fingerprint density at radius 3 is 2.05 bits per heavy atom. The topological polar surface area (TPSA) is 18.5 Å². The minimum absolute atomic E-state index is 0.287. The molecule has 0 unspecified atom stereocenters. The fourth-order valence-corrected chi connectivity index (χ4v) is 2.51. The quantitative estimate of drug-likeness (QED) is 0.737. The van der Waals surface area contributed by atoms with Crippen molar-refractivity contribution in [2.24, 2.45) is 0 Å². The Labute approximate surface area is 121 Å². The Balaban J connectivity index is 2.00. The van der Waals surface area contributed by atoms with Gasteiger partial charge in [-0.05, 0) is 50.9 Å². The van der Waals surface area contributed by atoms with E-state index in [4.69, 9.17) is 9.31 Å². The summed E-state index contributed by atoms with van der Waals surface area (Å²) in [6, 6.07) is 12.9. The summed E-state index contributed by atoms with van der Waals surface area (Å²) in [4.78, 5) is 0. The smallest absolute Gasteiger partial charge is 0.399 e. The SMILES string of the molecule is Cc1ccc2ccc(B3OC(C)(C)C(C)(C)O3)cc2c1. The first-order chi connectivity index (χ1) is 9.28. The van der Waals surface area contributed by atoms with Crippen molar-refractivity contribution in [1.82, 2.24) is 0 Å². The molecule has 0 aliphatic carbocycles. The fourth-order valence-electron chi connectivity index (χ4n) is 2.51. The van der Waals surface area contributed by atoms with Crippen LogP contribution in [0.2, 0.25) is 0 Å². The molecule has 1 heterocycles. The van der Waals surface area contributed by atoms with E-state index in [1.807, 2.05) is 0 Å². The van der Waals surface area contributed by atoms with Gasteiger partial charge in [-0.3, -0.25) is 0 Å². The molecule has 0 amide bonds. The minimum atomic E-state index is -0.292. The van der Waals surface area contributed by atoms with Gasteiger partial charge in [-0.1, -0.05) is 42.0 Å². The monoisotopic (exact) mass is 268 g/mol. The van der Waals surface area contributed by atoms with Gasteiger partial charge < -0.3 is 9.31 Å². The predicted octanol–water partition coefficient (Wildman–Crippen LogP) is 3.45. The Morgan fingerprint density at radius 1 is 0.800 bits per heavy atom. The first-order valence-electron chi connectivity index (χ1n) is 7.14. The van der Waals surface area contributed by atoms with Crippen molar-refractivity contribution >= 4 is 23.4 Å². The number of aryl methyl sites for hydroxylation is 1. The maximum Gasteiger partial charge on any atom is 0.494 e. The van der Waals surface area contributed by atoms with E-state index in [0.717, 1.165) is 5.46 Å². The van der Waals surface area contributed by atoms with Crippen LogP contribution < -0.4 is 5.46 Å². The Kier molecular flexibility index (Phi) is 2.96. The average molecular weight is 268 g/mol. The second-order valence-corrected chi connectivity index (χ2v) is 6.70. The molecule has 1 aliphatic heterocycles. The predicted molar refractivity (Wildman–Crippen MR) is 84.4 cm³/mol. The summed E-state index contributed by atoms with van der Waals surface area (Å²) in [7, 11) is -0.287. The van der Waals surface area contributed by atoms with Crippen molar-refractivity contribution in [3.63, 3.8) is 0 Å². The van der Waals surface area contributed by atoms with E-state index in [-0.39, 0.29) is 18.3 Å². The van der Waals surface area contributed by atoms with E-state index < -0.39 is 0 Å². The molecule has 1 fully saturated rings. The third-order valence-corrected chi connectivity index (χ3v) is 4.55. The minimum Gasteiger partial charge on any atom is -0.399 e. The highest BCUT2D eigenvalue weighted by Crippen LogP contribution is 2.36. The lowest BCUT2D eigenvalue weighted by Crippen LogP contribution is -2.41. The van der Waals surface area contributed by atoms with Crippen molar-refractivity contribution in [2.45, 2.75) is 45.8 Å². The molecule has 0 aromatic heterocycles. The zero-order chi connectivity index (χ0) is 14.5. The lowest BCUT2D eigenvalue weighted by atomic mass is 9.78. The van der Waals surface area contributed by atoms with Gasteiger partial charge >= 0.3 is 7.12 Å². The first kappa shape index (κ1) is 13.7. The van der Waals surface area contributed by atoms with Gasteiger partial charge in [-0.2, -0.15) is 0 Å². The van der Waals surface area contributed by atoms with E-state index in [9.17, 15) is 0 Å². The van der Waals surface area contributed by atoms with Gasteiger partial charge in [0.05, 0.1) is 11.2 Å². The van der Waals surface area contributed by atoms with Crippen LogP contribution in [0.25, 0.3) is 10.8 Å². The maximum absolute atomic E-state index is 6.11. The molecule has 3 heteroatoms. The summed E-state index contributed by atoms with van der Waals surface area (Å²) in [5, 5.41) is 2.48. The normalized spacial score (nSPS) is 20.6. The molecule has 104 valence electrons. The number of fused-ring (bicyclic) bond motifs is 1. The summed E-state index contributed by atoms with van der Waals surface area (Å²) >= 11 is 0. The van der Waals surface area contributed by atoms with Crippen LogP contribution in [0.4, 0.5) is 0 Å². The van der Waals surface area contributed by atoms with E-state index >= 15 is 0 Å². The molecule has 0 N–H and O–H groups in total. The highest BCUT2D eigenvalue weighted by molar-refractivity contribution is 6.62. The molecule has 0 bridgehead atoms. The largest absolute Gasteiger partial charge is 0.494 e. The van der Waals surface area contributed by atoms with E-state index in [1.54, 1.807) is 0 Å². The molecule has 1 saturated heterocycles. The van der Waals surface area contributed by atoms with Crippen molar-refractivity contribution < 1.29 is 9.31 Å². The van der Waals surface area contributed by atoms with Crippen LogP contribution in [0.5, 0.6) is 0 Å². The number of benzene rings is 2. The van der Waals surface area contributed by atoms with E-state index in [1.165, 1.54) is 16.3 Å². The summed E-state index contributed by atoms with van der Waals surface area (Å²) < 4.78 is 12.2. The molecular formula is C17H21BO2. The van der Waals surface area contributed by atoms with Gasteiger partial charge in [-0.25, -0.2) is 0 Å². The van der Waals surface area contributed by atoms with E-state index in [0.29, 0.717) is 0 Å². The molecule has 2 aromatic carbocycles. The molecule has 0 spiro atoms. The zero-order valence-corrected chi connectivity index (χ0v) is 12.9. The van der Waals surface area contributed by atoms with Crippen molar-refractivity contribution in [2.75, 3.05) is 0 Å². The van der Waals surface area contributed by atoms with Crippen LogP contribution >= 0.6 is 0 Å². The second-order valence-electron chi connectivity index (χ2n) is 6.70. The van der Waals surface area contributed by atoms with Crippen molar-refractivity contribution in [3.05, 3.63) is 42.0 Å². The third kappa shape index (κ3) is 2.15. The molecule has 1 aliphatic rings. The lowest BCUT2D eigenvalue weighted by Gasteiger charge is -2.32. The highest BCUT2D eigenvalue weighted by Gasteiger charge is 2.51. The number of hydrogen-bond acceptors (Lipinski definition) is 2. The molecule has 2 aromatic rings. The highest BCUT2D eigenvalue weighted by atomic mass is 16.7. The number of rotatable bonds is 1. The van der Waals surface area contributed by atoms with Crippen LogP contribution in [-0.4, -0.2) is 18.3 Å². The Bertz CT molecular complexity index is 645. The van der Waals surface area contributed by atoms with Crippen LogP contribution in [0.3, 0.4) is 0 Å². The van der Waals surface area contributed by atoms with Gasteiger partial charge in [0.25, 0.3) is 0 Å². The lowest BCUT2D eigenvalue weighted by molar-refractivity contribution is 0.00578. The molecule has 2 nitrogen and oxygen atoms in total. The van der Waals surface area contributed by atoms with Crippen molar-refractivity contribution in [1.29, 1.82) is 0 Å². The van der Waals surface area contributed by atoms with Crippen LogP contribution in [-0.2, 0) is 9.31 Å². The fraction of sp³-hybridized carbons (Fsp3) is 0.412. The molecular weight excluding hydrogens is 247 g/mol. The second kappa shape index (κ2) is 4.34. The average Bonchev–Trinajstić information content (AvgIpc) is 2.57. The van der Waals surface area contributed by atoms with Gasteiger partial charge in [0.1, 0.15) is 0 Å². The van der Waals surface area contributed by atoms with Gasteiger partial charge in [0.2, 0.25) is 0 Å². The van der Waals surface area contributed by atoms with E-state index in [2.05, 4.69) is 71.0 Å². The van der Waals surface area contributed by atoms with Crippen LogP contribution in [0, 0.1) is 6.92 Å². The molecule has 0 radical (unpaired) electrons. The molecule has 20 heavy (non-hydrogen) atoms. The number of hydrogen-bond donors (Lipinski definition) is 0.